The second-order valence-corrected chi connectivity index (χ2v) is 8.86. The monoisotopic (exact) mass is 415 g/mol. The van der Waals surface area contributed by atoms with Gasteiger partial charge in [0.25, 0.3) is 0 Å². The van der Waals surface area contributed by atoms with Crippen molar-refractivity contribution in [2.75, 3.05) is 4.90 Å². The number of para-hydroxylation sites is 1. The van der Waals surface area contributed by atoms with Crippen LogP contribution in [0, 0.1) is 0 Å². The molecule has 5 heteroatoms. The molecule has 2 N–H and O–H groups in total. The largest absolute Gasteiger partial charge is 0.375 e. The summed E-state index contributed by atoms with van der Waals surface area (Å²) in [5.74, 6) is 0. The highest BCUT2D eigenvalue weighted by Crippen LogP contribution is 2.40. The van der Waals surface area contributed by atoms with E-state index in [2.05, 4.69) is 105 Å². The number of rotatable bonds is 5. The molecule has 0 bridgehead atoms. The lowest BCUT2D eigenvalue weighted by atomic mass is 10.1. The van der Waals surface area contributed by atoms with Gasteiger partial charge in [-0.1, -0.05) is 42.5 Å². The van der Waals surface area contributed by atoms with E-state index in [1.54, 1.807) is 23.5 Å². The molecule has 3 nitrogen and oxygen atoms in total. The Morgan fingerprint density at radius 3 is 1.59 bits per heavy atom. The number of hydrogen-bond acceptors (Lipinski definition) is 5. The molecule has 29 heavy (non-hydrogen) atoms. The Labute approximate surface area is 179 Å². The van der Waals surface area contributed by atoms with Gasteiger partial charge < -0.3 is 15.5 Å². The predicted molar refractivity (Wildman–Crippen MR) is 126 cm³/mol. The molecule has 5 rings (SSSR count). The highest BCUT2D eigenvalue weighted by Gasteiger charge is 2.19. The van der Waals surface area contributed by atoms with Crippen LogP contribution >= 0.6 is 23.5 Å². The Hall–Kier alpha value is -2.76. The maximum atomic E-state index is 3.41. The molecular formula is C24H21N3S2. The van der Waals surface area contributed by atoms with Crippen LogP contribution in [0.3, 0.4) is 0 Å². The molecule has 2 unspecified atom stereocenters. The average molecular weight is 416 g/mol. The molecule has 3 aromatic carbocycles. The Bertz CT molecular complexity index is 967. The van der Waals surface area contributed by atoms with Crippen LogP contribution in [0.25, 0.3) is 0 Å². The van der Waals surface area contributed by atoms with Gasteiger partial charge in [0, 0.05) is 29.5 Å². The van der Waals surface area contributed by atoms with Gasteiger partial charge in [0.2, 0.25) is 0 Å². The Balaban J connectivity index is 1.56. The highest BCUT2D eigenvalue weighted by atomic mass is 32.2. The Morgan fingerprint density at radius 2 is 1.10 bits per heavy atom. The van der Waals surface area contributed by atoms with Crippen molar-refractivity contribution >= 4 is 40.6 Å². The lowest BCUT2D eigenvalue weighted by Gasteiger charge is -2.27. The van der Waals surface area contributed by atoms with E-state index in [4.69, 9.17) is 0 Å². The molecule has 0 radical (unpaired) electrons. The fraction of sp³-hybridized carbons (Fsp3) is 0.0833. The van der Waals surface area contributed by atoms with Crippen LogP contribution in [-0.4, -0.2) is 0 Å². The minimum atomic E-state index is 0.268. The predicted octanol–water partition coefficient (Wildman–Crippen LogP) is 6.77. The minimum absolute atomic E-state index is 0.268. The number of nitrogens with zero attached hydrogens (tertiary/aromatic N) is 1. The molecule has 2 atom stereocenters. The molecule has 0 saturated carbocycles. The molecule has 144 valence electrons. The van der Waals surface area contributed by atoms with Crippen molar-refractivity contribution in [1.82, 2.24) is 10.6 Å². The van der Waals surface area contributed by atoms with Crippen molar-refractivity contribution in [3.63, 3.8) is 0 Å². The standard InChI is InChI=1S/C24H21N3S2/c1-2-8-20(9-3-1)27(21-10-4-6-18(16-21)23-25-12-14-28-23)22-11-5-7-19(17-22)24-26-13-15-29-24/h1-17,23-26H. The van der Waals surface area contributed by atoms with Crippen molar-refractivity contribution in [2.45, 2.75) is 10.7 Å². The molecule has 0 amide bonds. The van der Waals surface area contributed by atoms with E-state index in [1.807, 2.05) is 12.4 Å². The molecule has 0 fully saturated rings. The fourth-order valence-electron chi connectivity index (χ4n) is 3.60. The van der Waals surface area contributed by atoms with Crippen molar-refractivity contribution in [1.29, 1.82) is 0 Å². The van der Waals surface area contributed by atoms with Gasteiger partial charge in [0.15, 0.2) is 0 Å². The van der Waals surface area contributed by atoms with Gasteiger partial charge in [0.1, 0.15) is 10.7 Å². The van der Waals surface area contributed by atoms with Crippen LogP contribution in [0.2, 0.25) is 0 Å². The summed E-state index contributed by atoms with van der Waals surface area (Å²) < 4.78 is 0. The first kappa shape index (κ1) is 18.3. The Kier molecular flexibility index (Phi) is 5.24. The first-order chi connectivity index (χ1) is 14.4. The molecular weight excluding hydrogens is 394 g/mol. The quantitative estimate of drug-likeness (QED) is 0.480. The zero-order valence-corrected chi connectivity index (χ0v) is 17.4. The van der Waals surface area contributed by atoms with Gasteiger partial charge in [-0.05, 0) is 58.3 Å². The average Bonchev–Trinajstić information content (AvgIpc) is 3.50. The zero-order valence-electron chi connectivity index (χ0n) is 15.7. The van der Waals surface area contributed by atoms with E-state index in [1.165, 1.54) is 11.1 Å². The highest BCUT2D eigenvalue weighted by molar-refractivity contribution is 8.02. The van der Waals surface area contributed by atoms with Crippen molar-refractivity contribution < 1.29 is 0 Å². The molecule has 2 aliphatic heterocycles. The van der Waals surface area contributed by atoms with E-state index < -0.39 is 0 Å². The third-order valence-corrected chi connectivity index (χ3v) is 6.88. The van der Waals surface area contributed by atoms with Gasteiger partial charge in [-0.2, -0.15) is 0 Å². The normalized spacial score (nSPS) is 19.7. The van der Waals surface area contributed by atoms with Crippen LogP contribution in [0.1, 0.15) is 21.9 Å². The molecule has 3 aromatic rings. The van der Waals surface area contributed by atoms with Gasteiger partial charge in [-0.15, -0.1) is 23.5 Å². The second kappa shape index (κ2) is 8.31. The van der Waals surface area contributed by atoms with E-state index in [-0.39, 0.29) is 10.7 Å². The number of benzene rings is 3. The maximum absolute atomic E-state index is 3.41. The summed E-state index contributed by atoms with van der Waals surface area (Å²) in [6.07, 6.45) is 4.03. The van der Waals surface area contributed by atoms with Crippen molar-refractivity contribution in [3.8, 4) is 0 Å². The molecule has 0 aliphatic carbocycles. The fourth-order valence-corrected chi connectivity index (χ4v) is 5.15. The van der Waals surface area contributed by atoms with Crippen LogP contribution < -0.4 is 15.5 Å². The number of nitrogens with one attached hydrogen (secondary N) is 2. The summed E-state index contributed by atoms with van der Waals surface area (Å²) >= 11 is 3.60. The summed E-state index contributed by atoms with van der Waals surface area (Å²) in [5, 5.41) is 11.6. The van der Waals surface area contributed by atoms with Gasteiger partial charge >= 0.3 is 0 Å². The molecule has 2 aliphatic rings. The number of thioether (sulfide) groups is 2. The summed E-state index contributed by atoms with van der Waals surface area (Å²) in [4.78, 5) is 2.33. The van der Waals surface area contributed by atoms with Crippen LogP contribution in [0.4, 0.5) is 17.1 Å². The van der Waals surface area contributed by atoms with E-state index in [0.29, 0.717) is 0 Å². The third-order valence-electron chi connectivity index (χ3n) is 4.94. The zero-order chi connectivity index (χ0) is 19.5. The SMILES string of the molecule is C1=CSC(c2cccc(N(c3ccccc3)c3cccc(C4NC=CS4)c3)c2)N1. The van der Waals surface area contributed by atoms with Gasteiger partial charge in [-0.3, -0.25) is 0 Å². The maximum Gasteiger partial charge on any atom is 0.102 e. The number of anilines is 3. The lowest BCUT2D eigenvalue weighted by Crippen LogP contribution is -2.13. The summed E-state index contributed by atoms with van der Waals surface area (Å²) in [7, 11) is 0. The van der Waals surface area contributed by atoms with Crippen molar-refractivity contribution in [3.05, 3.63) is 113 Å². The molecule has 0 aromatic heterocycles. The summed E-state index contributed by atoms with van der Waals surface area (Å²) in [6, 6.07) is 28.1. The first-order valence-corrected chi connectivity index (χ1v) is 11.5. The van der Waals surface area contributed by atoms with E-state index >= 15 is 0 Å². The van der Waals surface area contributed by atoms with Crippen molar-refractivity contribution in [2.24, 2.45) is 0 Å². The molecule has 0 saturated heterocycles. The van der Waals surface area contributed by atoms with Gasteiger partial charge in [-0.25, -0.2) is 0 Å². The second-order valence-electron chi connectivity index (χ2n) is 6.83. The minimum Gasteiger partial charge on any atom is -0.375 e. The van der Waals surface area contributed by atoms with Crippen LogP contribution in [0.5, 0.6) is 0 Å². The summed E-state index contributed by atoms with van der Waals surface area (Å²) in [6.45, 7) is 0. The molecule has 0 spiro atoms. The van der Waals surface area contributed by atoms with Gasteiger partial charge in [0.05, 0.1) is 0 Å². The van der Waals surface area contributed by atoms with Crippen LogP contribution in [0.15, 0.2) is 102 Å². The Morgan fingerprint density at radius 1 is 0.586 bits per heavy atom. The lowest BCUT2D eigenvalue weighted by molar-refractivity contribution is 0.860. The topological polar surface area (TPSA) is 27.3 Å². The number of hydrogen-bond donors (Lipinski definition) is 2. The summed E-state index contributed by atoms with van der Waals surface area (Å²) in [5.41, 5.74) is 6.01. The smallest absolute Gasteiger partial charge is 0.102 e. The first-order valence-electron chi connectivity index (χ1n) is 9.57. The third kappa shape index (κ3) is 3.88. The van der Waals surface area contributed by atoms with E-state index in [0.717, 1.165) is 17.1 Å². The molecule has 2 heterocycles. The van der Waals surface area contributed by atoms with E-state index in [9.17, 15) is 0 Å². The van der Waals surface area contributed by atoms with Crippen LogP contribution in [-0.2, 0) is 0 Å².